The fourth-order valence-electron chi connectivity index (χ4n) is 3.29. The maximum Gasteiger partial charge on any atom is 0.228 e. The van der Waals surface area contributed by atoms with Crippen molar-refractivity contribution in [3.05, 3.63) is 28.7 Å². The van der Waals surface area contributed by atoms with Crippen molar-refractivity contribution in [2.75, 3.05) is 44.7 Å². The number of carbonyl (C=O) groups excluding carboxylic acids is 2. The van der Waals surface area contributed by atoms with Crippen LogP contribution in [0.3, 0.4) is 0 Å². The molecule has 2 fully saturated rings. The van der Waals surface area contributed by atoms with Gasteiger partial charge in [0.15, 0.2) is 0 Å². The molecule has 1 atom stereocenters. The average Bonchev–Trinajstić information content (AvgIpc) is 2.78. The molecule has 0 N–H and O–H groups in total. The van der Waals surface area contributed by atoms with Gasteiger partial charge in [0.25, 0.3) is 0 Å². The molecule has 6 heteroatoms. The minimum Gasteiger partial charge on any atom is -0.341 e. The van der Waals surface area contributed by atoms with Gasteiger partial charge in [-0.1, -0.05) is 22.0 Å². The Hall–Kier alpha value is -1.40. The van der Waals surface area contributed by atoms with Crippen LogP contribution in [0, 0.1) is 5.92 Å². The van der Waals surface area contributed by atoms with Crippen LogP contribution in [-0.2, 0) is 9.59 Å². The Balaban J connectivity index is 1.68. The molecular weight excluding hydrogens is 358 g/mol. The molecular formula is C17H22BrN3O2. The lowest BCUT2D eigenvalue weighted by Crippen LogP contribution is -2.39. The third kappa shape index (κ3) is 3.75. The third-order valence-corrected chi connectivity index (χ3v) is 5.12. The van der Waals surface area contributed by atoms with Gasteiger partial charge in [-0.3, -0.25) is 9.59 Å². The van der Waals surface area contributed by atoms with Crippen LogP contribution in [0.5, 0.6) is 0 Å². The molecule has 2 amide bonds. The van der Waals surface area contributed by atoms with Crippen LogP contribution in [0.15, 0.2) is 28.7 Å². The lowest BCUT2D eigenvalue weighted by molar-refractivity contribution is -0.135. The fourth-order valence-corrected chi connectivity index (χ4v) is 3.68. The monoisotopic (exact) mass is 379 g/mol. The zero-order chi connectivity index (χ0) is 16.4. The molecule has 0 aliphatic carbocycles. The van der Waals surface area contributed by atoms with Crippen molar-refractivity contribution in [1.82, 2.24) is 9.80 Å². The molecule has 0 spiro atoms. The number of carbonyl (C=O) groups is 2. The number of likely N-dealkylation sites (N-methyl/N-ethyl adjacent to an activating group) is 1. The number of anilines is 1. The quantitative estimate of drug-likeness (QED) is 0.788. The van der Waals surface area contributed by atoms with Gasteiger partial charge in [0.2, 0.25) is 11.8 Å². The molecule has 1 aromatic rings. The SMILES string of the molecule is CN1CCCN(C(=O)C2CC(=O)N(c3cccc(Br)c3)C2)CC1. The van der Waals surface area contributed by atoms with Crippen LogP contribution < -0.4 is 4.90 Å². The summed E-state index contributed by atoms with van der Waals surface area (Å²) in [5.74, 6) is -0.0515. The summed E-state index contributed by atoms with van der Waals surface area (Å²) in [5, 5.41) is 0. The van der Waals surface area contributed by atoms with E-state index in [1.54, 1.807) is 4.90 Å². The summed E-state index contributed by atoms with van der Waals surface area (Å²) in [5.41, 5.74) is 0.857. The predicted molar refractivity (Wildman–Crippen MR) is 93.3 cm³/mol. The van der Waals surface area contributed by atoms with E-state index in [0.717, 1.165) is 42.8 Å². The van der Waals surface area contributed by atoms with Gasteiger partial charge in [-0.15, -0.1) is 0 Å². The molecule has 0 saturated carbocycles. The minimum atomic E-state index is -0.218. The number of benzene rings is 1. The normalized spacial score (nSPS) is 23.2. The van der Waals surface area contributed by atoms with Crippen molar-refractivity contribution in [2.45, 2.75) is 12.8 Å². The van der Waals surface area contributed by atoms with Crippen LogP contribution in [-0.4, -0.2) is 61.4 Å². The molecule has 2 heterocycles. The van der Waals surface area contributed by atoms with E-state index in [4.69, 9.17) is 0 Å². The van der Waals surface area contributed by atoms with Gasteiger partial charge in [-0.05, 0) is 38.2 Å². The van der Waals surface area contributed by atoms with E-state index in [9.17, 15) is 9.59 Å². The highest BCUT2D eigenvalue weighted by molar-refractivity contribution is 9.10. The van der Waals surface area contributed by atoms with Crippen molar-refractivity contribution in [3.63, 3.8) is 0 Å². The van der Waals surface area contributed by atoms with Crippen molar-refractivity contribution in [2.24, 2.45) is 5.92 Å². The fraction of sp³-hybridized carbons (Fsp3) is 0.529. The molecule has 0 radical (unpaired) electrons. The molecule has 5 nitrogen and oxygen atoms in total. The van der Waals surface area contributed by atoms with E-state index in [-0.39, 0.29) is 17.7 Å². The topological polar surface area (TPSA) is 43.9 Å². The molecule has 0 aromatic heterocycles. The number of nitrogens with zero attached hydrogens (tertiary/aromatic N) is 3. The second-order valence-corrected chi connectivity index (χ2v) is 7.28. The minimum absolute atomic E-state index is 0.0355. The maximum absolute atomic E-state index is 12.8. The van der Waals surface area contributed by atoms with Gasteiger partial charge in [-0.25, -0.2) is 0 Å². The van der Waals surface area contributed by atoms with E-state index in [1.807, 2.05) is 29.2 Å². The molecule has 23 heavy (non-hydrogen) atoms. The summed E-state index contributed by atoms with van der Waals surface area (Å²) in [6, 6.07) is 7.68. The Morgan fingerprint density at radius 3 is 2.83 bits per heavy atom. The van der Waals surface area contributed by atoms with E-state index >= 15 is 0 Å². The molecule has 1 unspecified atom stereocenters. The van der Waals surface area contributed by atoms with Gasteiger partial charge in [0.1, 0.15) is 0 Å². The van der Waals surface area contributed by atoms with Gasteiger partial charge >= 0.3 is 0 Å². The van der Waals surface area contributed by atoms with E-state index in [2.05, 4.69) is 27.9 Å². The third-order valence-electron chi connectivity index (χ3n) is 4.63. The number of hydrogen-bond acceptors (Lipinski definition) is 3. The smallest absolute Gasteiger partial charge is 0.228 e. The maximum atomic E-state index is 12.8. The van der Waals surface area contributed by atoms with Gasteiger partial charge in [0, 0.05) is 42.8 Å². The predicted octanol–water partition coefficient (Wildman–Crippen LogP) is 1.97. The first-order valence-corrected chi connectivity index (χ1v) is 8.87. The number of rotatable bonds is 2. The standard InChI is InChI=1S/C17H22BrN3O2/c1-19-6-3-7-20(9-8-19)17(23)13-10-16(22)21(12-13)15-5-2-4-14(18)11-15/h2,4-5,11,13H,3,6-10,12H2,1H3. The first-order chi connectivity index (χ1) is 11.0. The highest BCUT2D eigenvalue weighted by Crippen LogP contribution is 2.28. The lowest BCUT2D eigenvalue weighted by atomic mass is 10.1. The van der Waals surface area contributed by atoms with Crippen molar-refractivity contribution >= 4 is 33.4 Å². The Kier molecular flexibility index (Phi) is 5.02. The number of halogens is 1. The summed E-state index contributed by atoms with van der Waals surface area (Å²) in [6.45, 7) is 3.97. The Morgan fingerprint density at radius 2 is 2.04 bits per heavy atom. The zero-order valence-electron chi connectivity index (χ0n) is 13.4. The molecule has 124 valence electrons. The molecule has 2 aliphatic rings. The summed E-state index contributed by atoms with van der Waals surface area (Å²) in [6.07, 6.45) is 1.32. The summed E-state index contributed by atoms with van der Waals surface area (Å²) < 4.78 is 0.938. The van der Waals surface area contributed by atoms with Gasteiger partial charge in [-0.2, -0.15) is 0 Å². The second-order valence-electron chi connectivity index (χ2n) is 6.37. The van der Waals surface area contributed by atoms with Gasteiger partial charge < -0.3 is 14.7 Å². The number of amides is 2. The first kappa shape index (κ1) is 16.5. The molecule has 2 saturated heterocycles. The average molecular weight is 380 g/mol. The molecule has 3 rings (SSSR count). The highest BCUT2D eigenvalue weighted by Gasteiger charge is 2.37. The number of hydrogen-bond donors (Lipinski definition) is 0. The van der Waals surface area contributed by atoms with E-state index in [0.29, 0.717) is 13.0 Å². The molecule has 1 aromatic carbocycles. The Bertz CT molecular complexity index is 607. The Labute approximate surface area is 145 Å². The van der Waals surface area contributed by atoms with Crippen LogP contribution in [0.1, 0.15) is 12.8 Å². The van der Waals surface area contributed by atoms with Gasteiger partial charge in [0.05, 0.1) is 5.92 Å². The van der Waals surface area contributed by atoms with Crippen LogP contribution in [0.4, 0.5) is 5.69 Å². The highest BCUT2D eigenvalue weighted by atomic mass is 79.9. The van der Waals surface area contributed by atoms with E-state index < -0.39 is 0 Å². The summed E-state index contributed by atoms with van der Waals surface area (Å²) in [7, 11) is 2.09. The second kappa shape index (κ2) is 7.01. The van der Waals surface area contributed by atoms with Crippen LogP contribution in [0.25, 0.3) is 0 Å². The van der Waals surface area contributed by atoms with Crippen LogP contribution in [0.2, 0.25) is 0 Å². The first-order valence-electron chi connectivity index (χ1n) is 8.08. The van der Waals surface area contributed by atoms with Crippen molar-refractivity contribution in [1.29, 1.82) is 0 Å². The van der Waals surface area contributed by atoms with Crippen LogP contribution >= 0.6 is 15.9 Å². The summed E-state index contributed by atoms with van der Waals surface area (Å²) in [4.78, 5) is 31.0. The summed E-state index contributed by atoms with van der Waals surface area (Å²) >= 11 is 3.43. The van der Waals surface area contributed by atoms with Crippen molar-refractivity contribution in [3.8, 4) is 0 Å². The van der Waals surface area contributed by atoms with E-state index in [1.165, 1.54) is 0 Å². The lowest BCUT2D eigenvalue weighted by Gasteiger charge is -2.24. The van der Waals surface area contributed by atoms with Crippen molar-refractivity contribution < 1.29 is 9.59 Å². The molecule has 2 aliphatic heterocycles. The zero-order valence-corrected chi connectivity index (χ0v) is 15.0. The molecule has 0 bridgehead atoms. The largest absolute Gasteiger partial charge is 0.341 e. The Morgan fingerprint density at radius 1 is 1.22 bits per heavy atom.